The van der Waals surface area contributed by atoms with E-state index < -0.39 is 0 Å². The van der Waals surface area contributed by atoms with Crippen LogP contribution in [0, 0.1) is 0 Å². The van der Waals surface area contributed by atoms with E-state index in [9.17, 15) is 4.79 Å². The second kappa shape index (κ2) is 6.28. The Kier molecular flexibility index (Phi) is 5.01. The molecular formula is C14H21NO2. The molecule has 0 aromatic heterocycles. The highest BCUT2D eigenvalue weighted by Gasteiger charge is 2.09. The summed E-state index contributed by atoms with van der Waals surface area (Å²) in [5.41, 5.74) is 2.32. The van der Waals surface area contributed by atoms with E-state index >= 15 is 0 Å². The summed E-state index contributed by atoms with van der Waals surface area (Å²) in [4.78, 5) is 13.1. The molecule has 0 spiro atoms. The van der Waals surface area contributed by atoms with Crippen LogP contribution in [0.25, 0.3) is 0 Å². The van der Waals surface area contributed by atoms with Crippen molar-refractivity contribution in [3.63, 3.8) is 0 Å². The van der Waals surface area contributed by atoms with E-state index in [0.717, 1.165) is 24.4 Å². The summed E-state index contributed by atoms with van der Waals surface area (Å²) in [6, 6.07) is 6.18. The Morgan fingerprint density at radius 1 is 1.41 bits per heavy atom. The smallest absolute Gasteiger partial charge is 0.142 e. The summed E-state index contributed by atoms with van der Waals surface area (Å²) in [6.07, 6.45) is 1.56. The minimum Gasteiger partial charge on any atom is -0.495 e. The van der Waals surface area contributed by atoms with Gasteiger partial charge >= 0.3 is 0 Å². The first-order chi connectivity index (χ1) is 8.08. The van der Waals surface area contributed by atoms with Gasteiger partial charge in [0.05, 0.1) is 12.8 Å². The molecule has 94 valence electrons. The highest BCUT2D eigenvalue weighted by atomic mass is 16.5. The zero-order valence-electron chi connectivity index (χ0n) is 11.1. The van der Waals surface area contributed by atoms with Crippen molar-refractivity contribution in [2.45, 2.75) is 26.7 Å². The van der Waals surface area contributed by atoms with Gasteiger partial charge < -0.3 is 9.64 Å². The highest BCUT2D eigenvalue weighted by Crippen LogP contribution is 2.28. The Balaban J connectivity index is 2.88. The van der Waals surface area contributed by atoms with Gasteiger partial charge in [0.1, 0.15) is 11.5 Å². The monoisotopic (exact) mass is 235 g/mol. The maximum absolute atomic E-state index is 11.0. The maximum Gasteiger partial charge on any atom is 0.142 e. The quantitative estimate of drug-likeness (QED) is 0.759. The fraction of sp³-hybridized carbons (Fsp3) is 0.500. The number of anilines is 1. The van der Waals surface area contributed by atoms with E-state index in [0.29, 0.717) is 6.42 Å². The topological polar surface area (TPSA) is 29.5 Å². The second-order valence-corrected chi connectivity index (χ2v) is 4.23. The lowest BCUT2D eigenvalue weighted by atomic mass is 10.1. The van der Waals surface area contributed by atoms with Crippen LogP contribution in [-0.4, -0.2) is 26.5 Å². The van der Waals surface area contributed by atoms with Gasteiger partial charge in [-0.15, -0.1) is 0 Å². The molecule has 0 amide bonds. The van der Waals surface area contributed by atoms with Crippen LogP contribution in [0.4, 0.5) is 5.69 Å². The van der Waals surface area contributed by atoms with Crippen molar-refractivity contribution in [1.29, 1.82) is 0 Å². The molecule has 0 heterocycles. The predicted octanol–water partition coefficient (Wildman–Crippen LogP) is 2.67. The van der Waals surface area contributed by atoms with E-state index in [1.807, 2.05) is 13.1 Å². The first kappa shape index (κ1) is 13.6. The van der Waals surface area contributed by atoms with Crippen molar-refractivity contribution in [1.82, 2.24) is 0 Å². The molecule has 0 radical (unpaired) electrons. The molecule has 3 nitrogen and oxygen atoms in total. The van der Waals surface area contributed by atoms with E-state index in [1.54, 1.807) is 14.0 Å². The van der Waals surface area contributed by atoms with E-state index in [-0.39, 0.29) is 5.78 Å². The number of hydrogen-bond donors (Lipinski definition) is 0. The average Bonchev–Trinajstić information content (AvgIpc) is 2.34. The van der Waals surface area contributed by atoms with Gasteiger partial charge in [-0.25, -0.2) is 0 Å². The highest BCUT2D eigenvalue weighted by molar-refractivity contribution is 5.76. The fourth-order valence-electron chi connectivity index (χ4n) is 1.70. The van der Waals surface area contributed by atoms with Gasteiger partial charge in [-0.1, -0.05) is 13.0 Å². The molecule has 0 saturated carbocycles. The molecule has 0 atom stereocenters. The maximum atomic E-state index is 11.0. The van der Waals surface area contributed by atoms with Crippen LogP contribution in [0.2, 0.25) is 0 Å². The van der Waals surface area contributed by atoms with Crippen molar-refractivity contribution >= 4 is 11.5 Å². The summed E-state index contributed by atoms with van der Waals surface area (Å²) in [7, 11) is 3.66. The number of benzene rings is 1. The number of rotatable bonds is 6. The van der Waals surface area contributed by atoms with Crippen LogP contribution in [-0.2, 0) is 11.2 Å². The van der Waals surface area contributed by atoms with Gasteiger partial charge in [0, 0.05) is 20.0 Å². The van der Waals surface area contributed by atoms with Crippen LogP contribution in [0.15, 0.2) is 18.2 Å². The Morgan fingerprint density at radius 2 is 2.12 bits per heavy atom. The zero-order valence-corrected chi connectivity index (χ0v) is 11.1. The van der Waals surface area contributed by atoms with Gasteiger partial charge in [-0.3, -0.25) is 4.79 Å². The fourth-order valence-corrected chi connectivity index (χ4v) is 1.70. The van der Waals surface area contributed by atoms with Gasteiger partial charge in [0.25, 0.3) is 0 Å². The third kappa shape index (κ3) is 3.77. The minimum atomic E-state index is 0.211. The lowest BCUT2D eigenvalue weighted by molar-refractivity contribution is -0.116. The molecule has 0 unspecified atom stereocenters. The molecule has 1 rings (SSSR count). The molecule has 3 heteroatoms. The SMILES string of the molecule is CCc1ccc(OC)c(N(C)CCC(C)=O)c1. The summed E-state index contributed by atoms with van der Waals surface area (Å²) in [6.45, 7) is 4.47. The number of aryl methyl sites for hydroxylation is 1. The Hall–Kier alpha value is -1.51. The van der Waals surface area contributed by atoms with E-state index in [2.05, 4.69) is 24.0 Å². The predicted molar refractivity (Wildman–Crippen MR) is 70.9 cm³/mol. The Bertz CT molecular complexity index is 388. The third-order valence-corrected chi connectivity index (χ3v) is 2.86. The number of carbonyl (C=O) groups excluding carboxylic acids is 1. The lowest BCUT2D eigenvalue weighted by Gasteiger charge is -2.22. The van der Waals surface area contributed by atoms with E-state index in [4.69, 9.17) is 4.74 Å². The Morgan fingerprint density at radius 3 is 2.65 bits per heavy atom. The number of carbonyl (C=O) groups is 1. The molecule has 0 bridgehead atoms. The molecule has 1 aromatic rings. The van der Waals surface area contributed by atoms with Crippen LogP contribution < -0.4 is 9.64 Å². The van der Waals surface area contributed by atoms with E-state index in [1.165, 1.54) is 5.56 Å². The summed E-state index contributed by atoms with van der Waals surface area (Å²) in [5, 5.41) is 0. The number of hydrogen-bond acceptors (Lipinski definition) is 3. The molecule has 0 aliphatic heterocycles. The minimum absolute atomic E-state index is 0.211. The second-order valence-electron chi connectivity index (χ2n) is 4.23. The van der Waals surface area contributed by atoms with Gasteiger partial charge in [0.15, 0.2) is 0 Å². The normalized spacial score (nSPS) is 10.1. The number of Topliss-reactive ketones (excluding diaryl/α,β-unsaturated/α-hetero) is 1. The van der Waals surface area contributed by atoms with Crippen LogP contribution in [0.3, 0.4) is 0 Å². The third-order valence-electron chi connectivity index (χ3n) is 2.86. The molecule has 1 aromatic carbocycles. The first-order valence-corrected chi connectivity index (χ1v) is 5.96. The van der Waals surface area contributed by atoms with Crippen LogP contribution in [0.5, 0.6) is 5.75 Å². The Labute approximate surface area is 103 Å². The standard InChI is InChI=1S/C14H21NO2/c1-5-12-6-7-14(17-4)13(10-12)15(3)9-8-11(2)16/h6-7,10H,5,8-9H2,1-4H3. The molecular weight excluding hydrogens is 214 g/mol. The van der Waals surface area contributed by atoms with Crippen LogP contribution >= 0.6 is 0 Å². The molecule has 0 aliphatic carbocycles. The summed E-state index contributed by atoms with van der Waals surface area (Å²) < 4.78 is 5.35. The average molecular weight is 235 g/mol. The number of ether oxygens (including phenoxy) is 1. The first-order valence-electron chi connectivity index (χ1n) is 5.96. The van der Waals surface area contributed by atoms with Gasteiger partial charge in [-0.2, -0.15) is 0 Å². The number of ketones is 1. The van der Waals surface area contributed by atoms with Crippen molar-refractivity contribution < 1.29 is 9.53 Å². The van der Waals surface area contributed by atoms with Crippen molar-refractivity contribution in [3.8, 4) is 5.75 Å². The molecule has 0 fully saturated rings. The van der Waals surface area contributed by atoms with Crippen molar-refractivity contribution in [3.05, 3.63) is 23.8 Å². The zero-order chi connectivity index (χ0) is 12.8. The molecule has 0 saturated heterocycles. The van der Waals surface area contributed by atoms with Crippen LogP contribution in [0.1, 0.15) is 25.8 Å². The molecule has 0 N–H and O–H groups in total. The van der Waals surface area contributed by atoms with Crippen molar-refractivity contribution in [2.24, 2.45) is 0 Å². The van der Waals surface area contributed by atoms with Gasteiger partial charge in [-0.05, 0) is 31.0 Å². The molecule has 17 heavy (non-hydrogen) atoms. The largest absolute Gasteiger partial charge is 0.495 e. The summed E-state index contributed by atoms with van der Waals surface area (Å²) in [5.74, 6) is 1.07. The lowest BCUT2D eigenvalue weighted by Crippen LogP contribution is -2.21. The van der Waals surface area contributed by atoms with Crippen molar-refractivity contribution in [2.75, 3.05) is 25.6 Å². The number of methoxy groups -OCH3 is 1. The molecule has 0 aliphatic rings. The number of nitrogens with zero attached hydrogens (tertiary/aromatic N) is 1. The van der Waals surface area contributed by atoms with Gasteiger partial charge in [0.2, 0.25) is 0 Å². The summed E-state index contributed by atoms with van der Waals surface area (Å²) >= 11 is 0.